The maximum Gasteiger partial charge on any atom is 0.261 e. The molecule has 0 aromatic carbocycles. The van der Waals surface area contributed by atoms with E-state index in [0.717, 1.165) is 50.0 Å². The van der Waals surface area contributed by atoms with Crippen molar-refractivity contribution in [1.29, 1.82) is 0 Å². The zero-order chi connectivity index (χ0) is 13.1. The second kappa shape index (κ2) is 5.38. The molecule has 0 bridgehead atoms. The average Bonchev–Trinajstić information content (AvgIpc) is 2.91. The van der Waals surface area contributed by atoms with Gasteiger partial charge in [0.1, 0.15) is 5.56 Å². The fourth-order valence-electron chi connectivity index (χ4n) is 2.49. The lowest BCUT2D eigenvalue weighted by Crippen LogP contribution is -2.33. The first kappa shape index (κ1) is 12.9. The number of hydrogen-bond acceptors (Lipinski definition) is 2. The van der Waals surface area contributed by atoms with Gasteiger partial charge >= 0.3 is 0 Å². The molecule has 98 valence electrons. The van der Waals surface area contributed by atoms with Crippen LogP contribution in [-0.2, 0) is 12.8 Å². The van der Waals surface area contributed by atoms with Crippen LogP contribution in [0.1, 0.15) is 48.3 Å². The normalized spacial score (nSPS) is 15.1. The van der Waals surface area contributed by atoms with Gasteiger partial charge in [0.25, 0.3) is 11.5 Å². The number of aryl methyl sites for hydroxylation is 2. The number of rotatable bonds is 3. The summed E-state index contributed by atoms with van der Waals surface area (Å²) in [6.07, 6.45) is 3.70. The fraction of sp³-hybridized carbons (Fsp3) is 0.571. The molecule has 1 N–H and O–H groups in total. The Morgan fingerprint density at radius 2 is 1.94 bits per heavy atom. The third-order valence-electron chi connectivity index (χ3n) is 3.57. The van der Waals surface area contributed by atoms with E-state index in [2.05, 4.69) is 4.98 Å². The molecule has 1 amide bonds. The van der Waals surface area contributed by atoms with Crippen LogP contribution in [0.15, 0.2) is 10.9 Å². The maximum absolute atomic E-state index is 12.2. The number of carbonyl (C=O) groups excluding carboxylic acids is 1. The summed E-state index contributed by atoms with van der Waals surface area (Å²) >= 11 is 0. The van der Waals surface area contributed by atoms with E-state index >= 15 is 0 Å². The van der Waals surface area contributed by atoms with E-state index in [1.165, 1.54) is 0 Å². The summed E-state index contributed by atoms with van der Waals surface area (Å²) in [5.74, 6) is -0.119. The molecular weight excluding hydrogens is 228 g/mol. The predicted octanol–water partition coefficient (Wildman–Crippen LogP) is 1.74. The zero-order valence-corrected chi connectivity index (χ0v) is 11.1. The Morgan fingerprint density at radius 1 is 1.28 bits per heavy atom. The first-order valence-electron chi connectivity index (χ1n) is 6.71. The average molecular weight is 248 g/mol. The molecule has 4 nitrogen and oxygen atoms in total. The van der Waals surface area contributed by atoms with Crippen LogP contribution in [0.3, 0.4) is 0 Å². The van der Waals surface area contributed by atoms with Gasteiger partial charge in [-0.3, -0.25) is 9.59 Å². The SMILES string of the molecule is CCc1cc(C(=O)N2CCCC2)c(=O)[nH]c1CC. The molecule has 0 saturated carbocycles. The summed E-state index contributed by atoms with van der Waals surface area (Å²) in [6.45, 7) is 5.59. The lowest BCUT2D eigenvalue weighted by molar-refractivity contribution is 0.0791. The molecular formula is C14H20N2O2. The lowest BCUT2D eigenvalue weighted by atomic mass is 10.1. The Kier molecular flexibility index (Phi) is 3.84. The molecule has 1 aromatic heterocycles. The van der Waals surface area contributed by atoms with Gasteiger partial charge in [0.2, 0.25) is 0 Å². The van der Waals surface area contributed by atoms with Crippen molar-refractivity contribution in [3.8, 4) is 0 Å². The van der Waals surface area contributed by atoms with E-state index in [1.54, 1.807) is 11.0 Å². The van der Waals surface area contributed by atoms with E-state index in [0.29, 0.717) is 5.56 Å². The number of nitrogens with one attached hydrogen (secondary N) is 1. The van der Waals surface area contributed by atoms with Crippen LogP contribution >= 0.6 is 0 Å². The first-order valence-corrected chi connectivity index (χ1v) is 6.71. The highest BCUT2D eigenvalue weighted by atomic mass is 16.2. The van der Waals surface area contributed by atoms with Crippen LogP contribution in [0.4, 0.5) is 0 Å². The molecule has 1 aliphatic rings. The molecule has 18 heavy (non-hydrogen) atoms. The summed E-state index contributed by atoms with van der Waals surface area (Å²) in [5.41, 5.74) is 2.06. The largest absolute Gasteiger partial charge is 0.338 e. The maximum atomic E-state index is 12.2. The summed E-state index contributed by atoms with van der Waals surface area (Å²) in [7, 11) is 0. The van der Waals surface area contributed by atoms with Crippen LogP contribution in [0.25, 0.3) is 0 Å². The number of likely N-dealkylation sites (tertiary alicyclic amines) is 1. The molecule has 0 atom stereocenters. The Labute approximate surface area is 107 Å². The Bertz CT molecular complexity index is 499. The van der Waals surface area contributed by atoms with E-state index in [9.17, 15) is 9.59 Å². The minimum Gasteiger partial charge on any atom is -0.338 e. The van der Waals surface area contributed by atoms with Gasteiger partial charge < -0.3 is 9.88 Å². The highest BCUT2D eigenvalue weighted by Crippen LogP contribution is 2.13. The van der Waals surface area contributed by atoms with E-state index < -0.39 is 0 Å². The third-order valence-corrected chi connectivity index (χ3v) is 3.57. The van der Waals surface area contributed by atoms with Gasteiger partial charge in [0.15, 0.2) is 0 Å². The van der Waals surface area contributed by atoms with Crippen molar-refractivity contribution >= 4 is 5.91 Å². The van der Waals surface area contributed by atoms with E-state index in [4.69, 9.17) is 0 Å². The molecule has 0 radical (unpaired) electrons. The number of aromatic nitrogens is 1. The molecule has 1 aliphatic heterocycles. The summed E-state index contributed by atoms with van der Waals surface area (Å²) in [4.78, 5) is 28.8. The number of aromatic amines is 1. The summed E-state index contributed by atoms with van der Waals surface area (Å²) in [6, 6.07) is 1.78. The highest BCUT2D eigenvalue weighted by Gasteiger charge is 2.22. The molecule has 1 fully saturated rings. The smallest absolute Gasteiger partial charge is 0.261 e. The van der Waals surface area contributed by atoms with Gasteiger partial charge in [-0.2, -0.15) is 0 Å². The second-order valence-corrected chi connectivity index (χ2v) is 4.72. The van der Waals surface area contributed by atoms with E-state index in [-0.39, 0.29) is 11.5 Å². The minimum absolute atomic E-state index is 0.119. The lowest BCUT2D eigenvalue weighted by Gasteiger charge is -2.16. The van der Waals surface area contributed by atoms with Crippen LogP contribution < -0.4 is 5.56 Å². The Morgan fingerprint density at radius 3 is 2.50 bits per heavy atom. The van der Waals surface area contributed by atoms with Gasteiger partial charge in [-0.15, -0.1) is 0 Å². The van der Waals surface area contributed by atoms with Crippen LogP contribution in [0, 0.1) is 0 Å². The topological polar surface area (TPSA) is 53.2 Å². The van der Waals surface area contributed by atoms with Gasteiger partial charge in [-0.1, -0.05) is 13.8 Å². The molecule has 1 aromatic rings. The van der Waals surface area contributed by atoms with E-state index in [1.807, 2.05) is 13.8 Å². The summed E-state index contributed by atoms with van der Waals surface area (Å²) in [5, 5.41) is 0. The number of hydrogen-bond donors (Lipinski definition) is 1. The van der Waals surface area contributed by atoms with Crippen molar-refractivity contribution in [1.82, 2.24) is 9.88 Å². The molecule has 1 saturated heterocycles. The Hall–Kier alpha value is -1.58. The molecule has 4 heteroatoms. The van der Waals surface area contributed by atoms with Crippen molar-refractivity contribution in [3.05, 3.63) is 33.2 Å². The standard InChI is InChI=1S/C14H20N2O2/c1-3-10-9-11(13(17)15-12(10)4-2)14(18)16-7-5-6-8-16/h9H,3-8H2,1-2H3,(H,15,17). The van der Waals surface area contributed by atoms with Crippen LogP contribution in [-0.4, -0.2) is 28.9 Å². The molecule has 0 unspecified atom stereocenters. The van der Waals surface area contributed by atoms with Crippen molar-refractivity contribution in [2.45, 2.75) is 39.5 Å². The molecule has 0 aliphatic carbocycles. The van der Waals surface area contributed by atoms with Gasteiger partial charge in [0.05, 0.1) is 0 Å². The van der Waals surface area contributed by atoms with Gasteiger partial charge in [-0.05, 0) is 37.3 Å². The van der Waals surface area contributed by atoms with Crippen molar-refractivity contribution in [3.63, 3.8) is 0 Å². The van der Waals surface area contributed by atoms with Gasteiger partial charge in [-0.25, -0.2) is 0 Å². The number of pyridine rings is 1. The second-order valence-electron chi connectivity index (χ2n) is 4.72. The predicted molar refractivity (Wildman–Crippen MR) is 71.0 cm³/mol. The monoisotopic (exact) mass is 248 g/mol. The van der Waals surface area contributed by atoms with Crippen LogP contribution in [0.2, 0.25) is 0 Å². The first-order chi connectivity index (χ1) is 8.67. The Balaban J connectivity index is 2.38. The zero-order valence-electron chi connectivity index (χ0n) is 11.1. The van der Waals surface area contributed by atoms with Crippen molar-refractivity contribution in [2.75, 3.05) is 13.1 Å². The summed E-state index contributed by atoms with van der Waals surface area (Å²) < 4.78 is 0. The third kappa shape index (κ3) is 2.33. The number of amides is 1. The minimum atomic E-state index is -0.249. The number of H-pyrrole nitrogens is 1. The number of nitrogens with zero attached hydrogens (tertiary/aromatic N) is 1. The van der Waals surface area contributed by atoms with Crippen LogP contribution in [0.5, 0.6) is 0 Å². The van der Waals surface area contributed by atoms with Crippen molar-refractivity contribution in [2.24, 2.45) is 0 Å². The fourth-order valence-corrected chi connectivity index (χ4v) is 2.49. The van der Waals surface area contributed by atoms with Crippen molar-refractivity contribution < 1.29 is 4.79 Å². The molecule has 0 spiro atoms. The number of carbonyl (C=O) groups is 1. The quantitative estimate of drug-likeness (QED) is 0.885. The highest BCUT2D eigenvalue weighted by molar-refractivity contribution is 5.94. The molecule has 2 rings (SSSR count). The molecule has 2 heterocycles. The van der Waals surface area contributed by atoms with Gasteiger partial charge in [0, 0.05) is 18.8 Å².